The van der Waals surface area contributed by atoms with Crippen molar-refractivity contribution in [2.45, 2.75) is 26.2 Å². The van der Waals surface area contributed by atoms with Gasteiger partial charge in [-0.2, -0.15) is 5.10 Å². The molecular formula is C10H15N3O5. The van der Waals surface area contributed by atoms with Crippen LogP contribution in [0.5, 0.6) is 0 Å². The zero-order valence-corrected chi connectivity index (χ0v) is 9.84. The number of aliphatic hydroxyl groups is 1. The van der Waals surface area contributed by atoms with Crippen molar-refractivity contribution in [3.63, 3.8) is 0 Å². The molecule has 0 radical (unpaired) electrons. The third-order valence-corrected chi connectivity index (χ3v) is 1.88. The van der Waals surface area contributed by atoms with Crippen LogP contribution in [-0.4, -0.2) is 34.2 Å². The summed E-state index contributed by atoms with van der Waals surface area (Å²) >= 11 is 0. The smallest absolute Gasteiger partial charge is 0.425 e. The minimum atomic E-state index is -1.39. The lowest BCUT2D eigenvalue weighted by atomic mass is 10.1. The number of aliphatic hydroxyl groups excluding tert-OH is 1. The van der Waals surface area contributed by atoms with Gasteiger partial charge >= 0.3 is 6.09 Å². The lowest BCUT2D eigenvalue weighted by molar-refractivity contribution is -0.118. The van der Waals surface area contributed by atoms with Crippen LogP contribution in [0.3, 0.4) is 0 Å². The number of carbonyl (C=O) groups excluding carboxylic acids is 2. The molecule has 0 aromatic carbocycles. The lowest BCUT2D eigenvalue weighted by Crippen LogP contribution is -2.15. The second kappa shape index (κ2) is 7.82. The molecule has 0 aliphatic rings. The largest absolute Gasteiger partial charge is 0.512 e. The zero-order chi connectivity index (χ0) is 14.1. The summed E-state index contributed by atoms with van der Waals surface area (Å²) in [5.74, 6) is -1.24. The summed E-state index contributed by atoms with van der Waals surface area (Å²) in [6, 6.07) is 0. The number of ketones is 1. The third kappa shape index (κ3) is 6.99. The number of nitrogens with two attached hydrogens (primary N) is 1. The standard InChI is InChI=1S/C10H15N3O5/c1-6(14)7(5-12-13-10(17)18)8(15)3-2-4-9(11)16/h5,13,15H,2-4H2,1H3,(H2,11,16)(H,17,18). The maximum Gasteiger partial charge on any atom is 0.425 e. The van der Waals surface area contributed by atoms with Gasteiger partial charge in [-0.05, 0) is 13.3 Å². The van der Waals surface area contributed by atoms with Gasteiger partial charge in [-0.3, -0.25) is 9.59 Å². The molecule has 0 aliphatic heterocycles. The number of hydrogen-bond acceptors (Lipinski definition) is 5. The topological polar surface area (TPSA) is 142 Å². The van der Waals surface area contributed by atoms with Gasteiger partial charge in [-0.15, -0.1) is 0 Å². The van der Waals surface area contributed by atoms with Crippen molar-refractivity contribution in [3.8, 4) is 0 Å². The third-order valence-electron chi connectivity index (χ3n) is 1.88. The number of Topliss-reactive ketones (excluding diaryl/α,β-unsaturated/α-hetero) is 1. The number of rotatable bonds is 7. The highest BCUT2D eigenvalue weighted by atomic mass is 16.4. The van der Waals surface area contributed by atoms with E-state index in [1.807, 2.05) is 0 Å². The molecule has 0 aliphatic carbocycles. The molecule has 0 aromatic heterocycles. The highest BCUT2D eigenvalue weighted by Gasteiger charge is 2.09. The Morgan fingerprint density at radius 1 is 1.28 bits per heavy atom. The van der Waals surface area contributed by atoms with Crippen LogP contribution in [0.15, 0.2) is 16.4 Å². The van der Waals surface area contributed by atoms with Crippen LogP contribution in [0, 0.1) is 0 Å². The molecule has 0 aromatic rings. The summed E-state index contributed by atoms with van der Waals surface area (Å²) in [5.41, 5.74) is 6.48. The molecule has 8 heteroatoms. The number of hydrazone groups is 1. The van der Waals surface area contributed by atoms with Gasteiger partial charge in [0.25, 0.3) is 0 Å². The molecule has 0 atom stereocenters. The molecule has 0 heterocycles. The molecule has 100 valence electrons. The van der Waals surface area contributed by atoms with E-state index in [-0.39, 0.29) is 30.6 Å². The fourth-order valence-corrected chi connectivity index (χ4v) is 1.09. The van der Waals surface area contributed by atoms with Crippen LogP contribution in [0.25, 0.3) is 0 Å². The van der Waals surface area contributed by atoms with Crippen molar-refractivity contribution in [3.05, 3.63) is 11.3 Å². The van der Waals surface area contributed by atoms with E-state index in [1.165, 1.54) is 6.92 Å². The van der Waals surface area contributed by atoms with Gasteiger partial charge in [-0.25, -0.2) is 10.2 Å². The highest BCUT2D eigenvalue weighted by molar-refractivity contribution is 6.12. The zero-order valence-electron chi connectivity index (χ0n) is 9.84. The second-order valence-electron chi connectivity index (χ2n) is 3.41. The fraction of sp³-hybridized carbons (Fsp3) is 0.400. The van der Waals surface area contributed by atoms with E-state index in [0.29, 0.717) is 0 Å². The summed E-state index contributed by atoms with van der Waals surface area (Å²) in [7, 11) is 0. The Kier molecular flexibility index (Phi) is 6.79. The summed E-state index contributed by atoms with van der Waals surface area (Å²) in [5, 5.41) is 21.1. The van der Waals surface area contributed by atoms with Gasteiger partial charge in [0.1, 0.15) is 5.76 Å². The molecular weight excluding hydrogens is 242 g/mol. The van der Waals surface area contributed by atoms with E-state index in [4.69, 9.17) is 10.8 Å². The van der Waals surface area contributed by atoms with E-state index in [2.05, 4.69) is 5.10 Å². The molecule has 0 bridgehead atoms. The molecule has 8 nitrogen and oxygen atoms in total. The monoisotopic (exact) mass is 257 g/mol. The molecule has 18 heavy (non-hydrogen) atoms. The van der Waals surface area contributed by atoms with Crippen molar-refractivity contribution in [2.24, 2.45) is 10.8 Å². The normalized spacial score (nSPS) is 12.1. The number of nitrogens with zero attached hydrogens (tertiary/aromatic N) is 1. The lowest BCUT2D eigenvalue weighted by Gasteiger charge is -2.03. The van der Waals surface area contributed by atoms with Gasteiger partial charge in [0, 0.05) is 12.8 Å². The molecule has 0 fully saturated rings. The first-order valence-corrected chi connectivity index (χ1v) is 5.08. The molecule has 0 saturated carbocycles. The molecule has 0 spiro atoms. The summed E-state index contributed by atoms with van der Waals surface area (Å²) in [4.78, 5) is 31.8. The van der Waals surface area contributed by atoms with Crippen molar-refractivity contribution >= 4 is 24.0 Å². The molecule has 2 amide bonds. The minimum absolute atomic E-state index is 0.0803. The number of nitrogens with one attached hydrogen (secondary N) is 1. The maximum absolute atomic E-state index is 11.2. The van der Waals surface area contributed by atoms with E-state index in [9.17, 15) is 19.5 Å². The molecule has 0 saturated heterocycles. The van der Waals surface area contributed by atoms with Crippen molar-refractivity contribution < 1.29 is 24.6 Å². The number of hydrogen-bond donors (Lipinski definition) is 4. The van der Waals surface area contributed by atoms with Gasteiger partial charge < -0.3 is 15.9 Å². The minimum Gasteiger partial charge on any atom is -0.512 e. The maximum atomic E-state index is 11.2. The SMILES string of the molecule is CC(=O)C(C=NNC(=O)O)=C(O)CCCC(N)=O. The number of carboxylic acid groups (broad SMARTS) is 1. The Labute approximate surface area is 103 Å². The molecule has 0 unspecified atom stereocenters. The van der Waals surface area contributed by atoms with Crippen LogP contribution in [0.2, 0.25) is 0 Å². The van der Waals surface area contributed by atoms with Gasteiger partial charge in [-0.1, -0.05) is 0 Å². The van der Waals surface area contributed by atoms with Gasteiger partial charge in [0.15, 0.2) is 5.78 Å². The van der Waals surface area contributed by atoms with Crippen LogP contribution in [-0.2, 0) is 9.59 Å². The average molecular weight is 257 g/mol. The first-order chi connectivity index (χ1) is 8.34. The number of amides is 2. The van der Waals surface area contributed by atoms with Crippen LogP contribution < -0.4 is 11.2 Å². The second-order valence-corrected chi connectivity index (χ2v) is 3.41. The van der Waals surface area contributed by atoms with E-state index in [0.717, 1.165) is 6.21 Å². The summed E-state index contributed by atoms with van der Waals surface area (Å²) in [6.45, 7) is 1.20. The Morgan fingerprint density at radius 3 is 2.33 bits per heavy atom. The Balaban J connectivity index is 4.63. The summed E-state index contributed by atoms with van der Waals surface area (Å²) in [6.07, 6.45) is -0.0207. The van der Waals surface area contributed by atoms with E-state index >= 15 is 0 Å². The predicted octanol–water partition coefficient (Wildman–Crippen LogP) is 0.296. The van der Waals surface area contributed by atoms with E-state index < -0.39 is 17.8 Å². The van der Waals surface area contributed by atoms with Crippen molar-refractivity contribution in [1.29, 1.82) is 0 Å². The van der Waals surface area contributed by atoms with Crippen molar-refractivity contribution in [1.82, 2.24) is 5.43 Å². The first-order valence-electron chi connectivity index (χ1n) is 5.08. The average Bonchev–Trinajstić information content (AvgIpc) is 2.22. The summed E-state index contributed by atoms with van der Waals surface area (Å²) < 4.78 is 0. The predicted molar refractivity (Wildman–Crippen MR) is 63.0 cm³/mol. The molecule has 5 N–H and O–H groups in total. The van der Waals surface area contributed by atoms with E-state index in [1.54, 1.807) is 5.43 Å². The first kappa shape index (κ1) is 15.6. The van der Waals surface area contributed by atoms with Crippen LogP contribution >= 0.6 is 0 Å². The van der Waals surface area contributed by atoms with Crippen LogP contribution in [0.4, 0.5) is 4.79 Å². The van der Waals surface area contributed by atoms with Gasteiger partial charge in [0.2, 0.25) is 5.91 Å². The number of carbonyl (C=O) groups is 3. The fourth-order valence-electron chi connectivity index (χ4n) is 1.09. The highest BCUT2D eigenvalue weighted by Crippen LogP contribution is 2.09. The Bertz CT molecular complexity index is 400. The van der Waals surface area contributed by atoms with Crippen LogP contribution in [0.1, 0.15) is 26.2 Å². The number of primary amides is 1. The quantitative estimate of drug-likeness (QED) is 0.224. The Hall–Kier alpha value is -2.38. The number of allylic oxidation sites excluding steroid dienone is 2. The molecule has 0 rings (SSSR count). The van der Waals surface area contributed by atoms with Gasteiger partial charge in [0.05, 0.1) is 11.8 Å². The Morgan fingerprint density at radius 2 is 1.89 bits per heavy atom. The van der Waals surface area contributed by atoms with Crippen molar-refractivity contribution in [2.75, 3.05) is 0 Å².